The van der Waals surface area contributed by atoms with Crippen LogP contribution in [0.15, 0.2) is 24.3 Å². The van der Waals surface area contributed by atoms with Crippen molar-refractivity contribution in [2.75, 3.05) is 11.9 Å². The fourth-order valence-electron chi connectivity index (χ4n) is 1.41. The van der Waals surface area contributed by atoms with Crippen molar-refractivity contribution in [2.45, 2.75) is 25.7 Å². The van der Waals surface area contributed by atoms with Crippen LogP contribution in [0.25, 0.3) is 0 Å². The van der Waals surface area contributed by atoms with Crippen molar-refractivity contribution in [1.29, 1.82) is 0 Å². The van der Waals surface area contributed by atoms with Gasteiger partial charge in [0, 0.05) is 22.2 Å². The summed E-state index contributed by atoms with van der Waals surface area (Å²) in [4.78, 5) is 10.3. The second-order valence-electron chi connectivity index (χ2n) is 3.64. The molecule has 0 unspecified atom stereocenters. The summed E-state index contributed by atoms with van der Waals surface area (Å²) < 4.78 is 1.22. The molecular weight excluding hydrogens is 317 g/mol. The summed E-state index contributed by atoms with van der Waals surface area (Å²) in [5.41, 5.74) is 1.13. The second kappa shape index (κ2) is 7.49. The van der Waals surface area contributed by atoms with Crippen molar-refractivity contribution >= 4 is 34.2 Å². The molecule has 0 atom stereocenters. The zero-order valence-corrected chi connectivity index (χ0v) is 11.2. The number of carboxylic acid groups (broad SMARTS) is 1. The van der Waals surface area contributed by atoms with Gasteiger partial charge in [-0.1, -0.05) is 12.5 Å². The Kier molecular flexibility index (Phi) is 6.22. The van der Waals surface area contributed by atoms with Gasteiger partial charge < -0.3 is 10.4 Å². The first kappa shape index (κ1) is 13.3. The molecule has 1 rings (SSSR count). The van der Waals surface area contributed by atoms with Crippen LogP contribution in [0.1, 0.15) is 25.7 Å². The number of hydrogen-bond donors (Lipinski definition) is 2. The molecule has 0 heterocycles. The molecule has 88 valence electrons. The van der Waals surface area contributed by atoms with Crippen molar-refractivity contribution in [3.05, 3.63) is 27.8 Å². The molecular formula is C12H16INO2. The van der Waals surface area contributed by atoms with E-state index in [1.807, 2.05) is 12.1 Å². The molecule has 0 radical (unpaired) electrons. The van der Waals surface area contributed by atoms with Crippen LogP contribution in [0.2, 0.25) is 0 Å². The first-order valence-electron chi connectivity index (χ1n) is 5.40. The summed E-state index contributed by atoms with van der Waals surface area (Å²) in [6, 6.07) is 8.21. The standard InChI is InChI=1S/C12H16INO2/c13-10-5-4-6-11(9-10)14-8-3-1-2-7-12(15)16/h4-6,9,14H,1-3,7-8H2,(H,15,16). The fourth-order valence-corrected chi connectivity index (χ4v) is 1.95. The summed E-state index contributed by atoms with van der Waals surface area (Å²) in [6.07, 6.45) is 3.02. The number of hydrogen-bond acceptors (Lipinski definition) is 2. The Labute approximate surface area is 109 Å². The third-order valence-corrected chi connectivity index (χ3v) is 2.89. The molecule has 0 aromatic heterocycles. The molecule has 16 heavy (non-hydrogen) atoms. The highest BCUT2D eigenvalue weighted by Crippen LogP contribution is 2.12. The van der Waals surface area contributed by atoms with E-state index in [9.17, 15) is 4.79 Å². The lowest BCUT2D eigenvalue weighted by atomic mass is 10.2. The number of unbranched alkanes of at least 4 members (excludes halogenated alkanes) is 2. The van der Waals surface area contributed by atoms with Gasteiger partial charge >= 0.3 is 5.97 Å². The summed E-state index contributed by atoms with van der Waals surface area (Å²) in [6.45, 7) is 0.902. The number of carbonyl (C=O) groups is 1. The molecule has 1 aromatic carbocycles. The normalized spacial score (nSPS) is 10.1. The van der Waals surface area contributed by atoms with Gasteiger partial charge in [-0.15, -0.1) is 0 Å². The first-order chi connectivity index (χ1) is 7.68. The molecule has 0 saturated heterocycles. The number of nitrogens with one attached hydrogen (secondary N) is 1. The summed E-state index contributed by atoms with van der Waals surface area (Å²) in [7, 11) is 0. The molecule has 4 heteroatoms. The molecule has 0 amide bonds. The average molecular weight is 333 g/mol. The van der Waals surface area contributed by atoms with Crippen molar-refractivity contribution < 1.29 is 9.90 Å². The second-order valence-corrected chi connectivity index (χ2v) is 4.89. The van der Waals surface area contributed by atoms with Crippen molar-refractivity contribution in [1.82, 2.24) is 0 Å². The Morgan fingerprint density at radius 2 is 2.12 bits per heavy atom. The molecule has 0 spiro atoms. The lowest BCUT2D eigenvalue weighted by Crippen LogP contribution is -2.02. The van der Waals surface area contributed by atoms with Gasteiger partial charge in [-0.2, -0.15) is 0 Å². The average Bonchev–Trinajstić information content (AvgIpc) is 2.23. The van der Waals surface area contributed by atoms with E-state index in [-0.39, 0.29) is 6.42 Å². The zero-order valence-electron chi connectivity index (χ0n) is 9.08. The molecule has 0 aliphatic rings. The maximum absolute atomic E-state index is 10.3. The monoisotopic (exact) mass is 333 g/mol. The SMILES string of the molecule is O=C(O)CCCCCNc1cccc(I)c1. The molecule has 0 aliphatic heterocycles. The molecule has 0 bridgehead atoms. The highest BCUT2D eigenvalue weighted by molar-refractivity contribution is 14.1. The summed E-state index contributed by atoms with van der Waals surface area (Å²) in [5, 5.41) is 11.8. The zero-order chi connectivity index (χ0) is 11.8. The molecule has 0 saturated carbocycles. The maximum Gasteiger partial charge on any atom is 0.303 e. The summed E-state index contributed by atoms with van der Waals surface area (Å²) >= 11 is 2.28. The van der Waals surface area contributed by atoms with E-state index in [0.29, 0.717) is 0 Å². The van der Waals surface area contributed by atoms with Crippen molar-refractivity contribution in [2.24, 2.45) is 0 Å². The van der Waals surface area contributed by atoms with Crippen LogP contribution in [0.3, 0.4) is 0 Å². The van der Waals surface area contributed by atoms with E-state index in [1.165, 1.54) is 3.57 Å². The van der Waals surface area contributed by atoms with Crippen LogP contribution < -0.4 is 5.32 Å². The Hall–Kier alpha value is -0.780. The minimum Gasteiger partial charge on any atom is -0.481 e. The number of halogens is 1. The van der Waals surface area contributed by atoms with E-state index >= 15 is 0 Å². The Morgan fingerprint density at radius 3 is 2.81 bits per heavy atom. The highest BCUT2D eigenvalue weighted by atomic mass is 127. The van der Waals surface area contributed by atoms with E-state index in [4.69, 9.17) is 5.11 Å². The van der Waals surface area contributed by atoms with Crippen LogP contribution in [0.5, 0.6) is 0 Å². The minimum absolute atomic E-state index is 0.281. The number of benzene rings is 1. The van der Waals surface area contributed by atoms with Gasteiger partial charge in [-0.05, 0) is 53.6 Å². The number of rotatable bonds is 7. The van der Waals surface area contributed by atoms with Crippen LogP contribution in [-0.2, 0) is 4.79 Å². The lowest BCUT2D eigenvalue weighted by Gasteiger charge is -2.06. The van der Waals surface area contributed by atoms with E-state index in [0.717, 1.165) is 31.5 Å². The number of carboxylic acids is 1. The highest BCUT2D eigenvalue weighted by Gasteiger charge is 1.96. The van der Waals surface area contributed by atoms with Crippen LogP contribution in [0, 0.1) is 3.57 Å². The smallest absolute Gasteiger partial charge is 0.303 e. The van der Waals surface area contributed by atoms with Gasteiger partial charge in [-0.25, -0.2) is 0 Å². The fraction of sp³-hybridized carbons (Fsp3) is 0.417. The largest absolute Gasteiger partial charge is 0.481 e. The molecule has 0 fully saturated rings. The number of anilines is 1. The Balaban J connectivity index is 2.09. The van der Waals surface area contributed by atoms with Crippen molar-refractivity contribution in [3.63, 3.8) is 0 Å². The molecule has 3 nitrogen and oxygen atoms in total. The Bertz CT molecular complexity index is 342. The van der Waals surface area contributed by atoms with Gasteiger partial charge in [0.15, 0.2) is 0 Å². The van der Waals surface area contributed by atoms with Gasteiger partial charge in [-0.3, -0.25) is 4.79 Å². The van der Waals surface area contributed by atoms with Gasteiger partial charge in [0.05, 0.1) is 0 Å². The van der Waals surface area contributed by atoms with Gasteiger partial charge in [0.2, 0.25) is 0 Å². The quantitative estimate of drug-likeness (QED) is 0.594. The predicted molar refractivity (Wildman–Crippen MR) is 73.8 cm³/mol. The van der Waals surface area contributed by atoms with Crippen LogP contribution >= 0.6 is 22.6 Å². The van der Waals surface area contributed by atoms with Gasteiger partial charge in [0.1, 0.15) is 0 Å². The molecule has 2 N–H and O–H groups in total. The first-order valence-corrected chi connectivity index (χ1v) is 6.47. The van der Waals surface area contributed by atoms with Gasteiger partial charge in [0.25, 0.3) is 0 Å². The van der Waals surface area contributed by atoms with E-state index in [2.05, 4.69) is 40.0 Å². The third-order valence-electron chi connectivity index (χ3n) is 2.22. The van der Waals surface area contributed by atoms with Crippen LogP contribution in [-0.4, -0.2) is 17.6 Å². The third kappa shape index (κ3) is 5.95. The summed E-state index contributed by atoms with van der Waals surface area (Å²) in [5.74, 6) is -0.703. The van der Waals surface area contributed by atoms with Crippen LogP contribution in [0.4, 0.5) is 5.69 Å². The maximum atomic E-state index is 10.3. The Morgan fingerprint density at radius 1 is 1.31 bits per heavy atom. The molecule has 1 aromatic rings. The van der Waals surface area contributed by atoms with E-state index < -0.39 is 5.97 Å². The van der Waals surface area contributed by atoms with Crippen molar-refractivity contribution in [3.8, 4) is 0 Å². The minimum atomic E-state index is -0.703. The lowest BCUT2D eigenvalue weighted by molar-refractivity contribution is -0.137. The van der Waals surface area contributed by atoms with E-state index in [1.54, 1.807) is 0 Å². The molecule has 0 aliphatic carbocycles. The predicted octanol–water partition coefficient (Wildman–Crippen LogP) is 3.35. The topological polar surface area (TPSA) is 49.3 Å². The number of aliphatic carboxylic acids is 1.